The van der Waals surface area contributed by atoms with Crippen molar-refractivity contribution < 1.29 is 9.53 Å². The summed E-state index contributed by atoms with van der Waals surface area (Å²) in [5.41, 5.74) is 1.83. The van der Waals surface area contributed by atoms with Gasteiger partial charge < -0.3 is 4.74 Å². The summed E-state index contributed by atoms with van der Waals surface area (Å²) in [5.74, 6) is 0.520. The third-order valence-electron chi connectivity index (χ3n) is 3.50. The minimum absolute atomic E-state index is 0.260. The Kier molecular flexibility index (Phi) is 4.37. The molecule has 1 heterocycles. The smallest absolute Gasteiger partial charge is 0.337 e. The Morgan fingerprint density at radius 2 is 2.33 bits per heavy atom. The zero-order valence-electron chi connectivity index (χ0n) is 11.2. The highest BCUT2D eigenvalue weighted by Gasteiger charge is 2.16. The van der Waals surface area contributed by atoms with Crippen molar-refractivity contribution in [2.75, 3.05) is 20.2 Å². The Hall–Kier alpha value is -1.35. The van der Waals surface area contributed by atoms with Gasteiger partial charge in [0.1, 0.15) is 0 Å². The van der Waals surface area contributed by atoms with Crippen molar-refractivity contribution in [1.29, 1.82) is 0 Å². The molecule has 1 aliphatic heterocycles. The van der Waals surface area contributed by atoms with Gasteiger partial charge in [-0.2, -0.15) is 0 Å². The molecule has 98 valence electrons. The second kappa shape index (κ2) is 6.01. The standard InChI is InChI=1S/C15H21NO2/c1-12-5-4-8-16(10-12)11-13-6-3-7-14(9-13)15(17)18-2/h3,6-7,9,12H,4-5,8,10-11H2,1-2H3. The van der Waals surface area contributed by atoms with Crippen molar-refractivity contribution in [3.63, 3.8) is 0 Å². The van der Waals surface area contributed by atoms with Crippen LogP contribution >= 0.6 is 0 Å². The lowest BCUT2D eigenvalue weighted by Crippen LogP contribution is -2.33. The van der Waals surface area contributed by atoms with Gasteiger partial charge in [-0.05, 0) is 43.0 Å². The number of esters is 1. The van der Waals surface area contributed by atoms with Gasteiger partial charge >= 0.3 is 5.97 Å². The first-order valence-corrected chi connectivity index (χ1v) is 6.58. The van der Waals surface area contributed by atoms with Crippen molar-refractivity contribution in [2.45, 2.75) is 26.3 Å². The Morgan fingerprint density at radius 3 is 3.06 bits per heavy atom. The summed E-state index contributed by atoms with van der Waals surface area (Å²) in [5, 5.41) is 0. The Labute approximate surface area is 109 Å². The van der Waals surface area contributed by atoms with Crippen LogP contribution in [0.5, 0.6) is 0 Å². The number of methoxy groups -OCH3 is 1. The van der Waals surface area contributed by atoms with E-state index in [1.807, 2.05) is 12.1 Å². The first-order chi connectivity index (χ1) is 8.69. The van der Waals surface area contributed by atoms with Gasteiger partial charge in [0.15, 0.2) is 0 Å². The molecule has 0 saturated carbocycles. The molecule has 0 aliphatic carbocycles. The first kappa shape index (κ1) is 13.1. The summed E-state index contributed by atoms with van der Waals surface area (Å²) in [4.78, 5) is 13.9. The number of hydrogen-bond donors (Lipinski definition) is 0. The van der Waals surface area contributed by atoms with E-state index in [2.05, 4.69) is 17.9 Å². The van der Waals surface area contributed by atoms with E-state index in [1.54, 1.807) is 6.07 Å². The van der Waals surface area contributed by atoms with E-state index < -0.39 is 0 Å². The van der Waals surface area contributed by atoms with Crippen LogP contribution in [0.3, 0.4) is 0 Å². The Bertz CT molecular complexity index is 417. The van der Waals surface area contributed by atoms with Crippen molar-refractivity contribution in [3.05, 3.63) is 35.4 Å². The molecule has 0 amide bonds. The molecule has 0 aromatic heterocycles. The van der Waals surface area contributed by atoms with Gasteiger partial charge in [-0.15, -0.1) is 0 Å². The van der Waals surface area contributed by atoms with E-state index in [0.29, 0.717) is 5.56 Å². The summed E-state index contributed by atoms with van der Waals surface area (Å²) < 4.78 is 4.75. The molecule has 3 heteroatoms. The normalized spacial score (nSPS) is 20.7. The fourth-order valence-corrected chi connectivity index (χ4v) is 2.60. The minimum atomic E-state index is -0.260. The van der Waals surface area contributed by atoms with Crippen LogP contribution in [-0.4, -0.2) is 31.1 Å². The molecule has 2 rings (SSSR count). The molecule has 1 unspecified atom stereocenters. The van der Waals surface area contributed by atoms with Gasteiger partial charge in [0.2, 0.25) is 0 Å². The number of carbonyl (C=O) groups is 1. The summed E-state index contributed by atoms with van der Waals surface area (Å²) in [6.45, 7) is 5.54. The maximum atomic E-state index is 11.5. The van der Waals surface area contributed by atoms with Gasteiger partial charge in [0.25, 0.3) is 0 Å². The predicted octanol–water partition coefficient (Wildman–Crippen LogP) is 2.71. The highest BCUT2D eigenvalue weighted by Crippen LogP contribution is 2.18. The third kappa shape index (κ3) is 3.33. The number of carbonyl (C=O) groups excluding carboxylic acids is 1. The second-order valence-corrected chi connectivity index (χ2v) is 5.17. The lowest BCUT2D eigenvalue weighted by molar-refractivity contribution is 0.0600. The van der Waals surface area contributed by atoms with Crippen LogP contribution in [0, 0.1) is 5.92 Å². The van der Waals surface area contributed by atoms with Gasteiger partial charge in [-0.25, -0.2) is 4.79 Å². The maximum Gasteiger partial charge on any atom is 0.337 e. The van der Waals surface area contributed by atoms with E-state index in [0.717, 1.165) is 25.6 Å². The van der Waals surface area contributed by atoms with Crippen molar-refractivity contribution >= 4 is 5.97 Å². The molecule has 3 nitrogen and oxygen atoms in total. The molecule has 1 saturated heterocycles. The second-order valence-electron chi connectivity index (χ2n) is 5.17. The number of piperidine rings is 1. The van der Waals surface area contributed by atoms with Gasteiger partial charge in [0, 0.05) is 13.1 Å². The van der Waals surface area contributed by atoms with Gasteiger partial charge in [-0.1, -0.05) is 19.1 Å². The van der Waals surface area contributed by atoms with Crippen LogP contribution in [0.25, 0.3) is 0 Å². The molecule has 0 spiro atoms. The number of likely N-dealkylation sites (tertiary alicyclic amines) is 1. The van der Waals surface area contributed by atoms with E-state index in [-0.39, 0.29) is 5.97 Å². The van der Waals surface area contributed by atoms with Crippen LogP contribution in [0.1, 0.15) is 35.7 Å². The van der Waals surface area contributed by atoms with Crippen molar-refractivity contribution in [2.24, 2.45) is 5.92 Å². The lowest BCUT2D eigenvalue weighted by atomic mass is 9.99. The van der Waals surface area contributed by atoms with Crippen molar-refractivity contribution in [3.8, 4) is 0 Å². The molecule has 0 bridgehead atoms. The number of hydrogen-bond acceptors (Lipinski definition) is 3. The minimum Gasteiger partial charge on any atom is -0.465 e. The van der Waals surface area contributed by atoms with Crippen LogP contribution in [-0.2, 0) is 11.3 Å². The monoisotopic (exact) mass is 247 g/mol. The average Bonchev–Trinajstić information content (AvgIpc) is 2.38. The molecule has 0 radical (unpaired) electrons. The number of ether oxygens (including phenoxy) is 1. The molecule has 1 fully saturated rings. The summed E-state index contributed by atoms with van der Waals surface area (Å²) >= 11 is 0. The maximum absolute atomic E-state index is 11.5. The molecular weight excluding hydrogens is 226 g/mol. The summed E-state index contributed by atoms with van der Waals surface area (Å²) in [7, 11) is 1.42. The molecule has 18 heavy (non-hydrogen) atoms. The molecule has 1 aromatic rings. The highest BCUT2D eigenvalue weighted by molar-refractivity contribution is 5.89. The lowest BCUT2D eigenvalue weighted by Gasteiger charge is -2.30. The Balaban J connectivity index is 2.02. The molecule has 0 N–H and O–H groups in total. The van der Waals surface area contributed by atoms with Crippen LogP contribution in [0.15, 0.2) is 24.3 Å². The predicted molar refractivity (Wildman–Crippen MR) is 71.5 cm³/mol. The van der Waals surface area contributed by atoms with Crippen molar-refractivity contribution in [1.82, 2.24) is 4.90 Å². The number of benzene rings is 1. The number of nitrogens with zero attached hydrogens (tertiary/aromatic N) is 1. The van der Waals surface area contributed by atoms with Crippen LogP contribution in [0.2, 0.25) is 0 Å². The molecule has 1 atom stereocenters. The van der Waals surface area contributed by atoms with E-state index >= 15 is 0 Å². The highest BCUT2D eigenvalue weighted by atomic mass is 16.5. The number of rotatable bonds is 3. The topological polar surface area (TPSA) is 29.5 Å². The molecule has 1 aliphatic rings. The molecular formula is C15H21NO2. The zero-order valence-corrected chi connectivity index (χ0v) is 11.2. The first-order valence-electron chi connectivity index (χ1n) is 6.58. The Morgan fingerprint density at radius 1 is 1.50 bits per heavy atom. The van der Waals surface area contributed by atoms with E-state index in [4.69, 9.17) is 4.74 Å². The largest absolute Gasteiger partial charge is 0.465 e. The summed E-state index contributed by atoms with van der Waals surface area (Å²) in [6.07, 6.45) is 2.61. The average molecular weight is 247 g/mol. The van der Waals surface area contributed by atoms with Gasteiger partial charge in [-0.3, -0.25) is 4.90 Å². The summed E-state index contributed by atoms with van der Waals surface area (Å²) in [6, 6.07) is 7.74. The fraction of sp³-hybridized carbons (Fsp3) is 0.533. The quantitative estimate of drug-likeness (QED) is 0.769. The SMILES string of the molecule is COC(=O)c1cccc(CN2CCCC(C)C2)c1. The van der Waals surface area contributed by atoms with E-state index in [9.17, 15) is 4.79 Å². The van der Waals surface area contributed by atoms with Gasteiger partial charge in [0.05, 0.1) is 12.7 Å². The molecule has 1 aromatic carbocycles. The van der Waals surface area contributed by atoms with Crippen LogP contribution < -0.4 is 0 Å². The third-order valence-corrected chi connectivity index (χ3v) is 3.50. The van der Waals surface area contributed by atoms with Crippen LogP contribution in [0.4, 0.5) is 0 Å². The zero-order chi connectivity index (χ0) is 13.0. The fourth-order valence-electron chi connectivity index (χ4n) is 2.60. The van der Waals surface area contributed by atoms with E-state index in [1.165, 1.54) is 25.5 Å².